The lowest BCUT2D eigenvalue weighted by Gasteiger charge is -2.05. The first kappa shape index (κ1) is 10.8. The number of Topliss-reactive ketones (excluding diaryl/α,β-unsaturated/α-hetero) is 1. The second-order valence-corrected chi connectivity index (χ2v) is 3.14. The van der Waals surface area contributed by atoms with E-state index in [1.165, 1.54) is 25.3 Å². The smallest absolute Gasteiger partial charge is 0.263 e. The van der Waals surface area contributed by atoms with Crippen LogP contribution in [0.5, 0.6) is 5.75 Å². The largest absolute Gasteiger partial charge is 0.495 e. The number of halogens is 2. The number of hydrogen-bond donors (Lipinski definition) is 0. The molecule has 72 valence electrons. The van der Waals surface area contributed by atoms with Crippen molar-refractivity contribution < 1.29 is 9.53 Å². The first-order valence-electron chi connectivity index (χ1n) is 3.58. The van der Waals surface area contributed by atoms with Crippen LogP contribution in [-0.2, 0) is 0 Å². The number of carbonyl (C=O) groups is 1. The Morgan fingerprint density at radius 1 is 1.43 bits per heavy atom. The minimum Gasteiger partial charge on any atom is -0.495 e. The molecule has 1 rings (SSSR count). The van der Waals surface area contributed by atoms with Gasteiger partial charge < -0.3 is 4.74 Å². The summed E-state index contributed by atoms with van der Waals surface area (Å²) in [5.41, 5.74) is 0.0833. The van der Waals surface area contributed by atoms with Crippen LogP contribution in [0.1, 0.15) is 10.4 Å². The third kappa shape index (κ3) is 1.82. The van der Waals surface area contributed by atoms with Crippen molar-refractivity contribution in [3.63, 3.8) is 0 Å². The molecule has 0 saturated heterocycles. The van der Waals surface area contributed by atoms with Crippen LogP contribution >= 0.6 is 23.2 Å². The Hall–Kier alpha value is -1.24. The van der Waals surface area contributed by atoms with E-state index >= 15 is 0 Å². The molecule has 1 aromatic rings. The molecule has 0 radical (unpaired) electrons. The minimum absolute atomic E-state index is 0.0394. The van der Waals surface area contributed by atoms with Crippen LogP contribution in [0.3, 0.4) is 0 Å². The van der Waals surface area contributed by atoms with Gasteiger partial charge in [0.15, 0.2) is 0 Å². The van der Waals surface area contributed by atoms with Crippen molar-refractivity contribution in [2.45, 2.75) is 0 Å². The lowest BCUT2D eigenvalue weighted by Crippen LogP contribution is -1.97. The fourth-order valence-corrected chi connectivity index (χ4v) is 1.41. The molecule has 0 amide bonds. The average molecular weight is 230 g/mol. The van der Waals surface area contributed by atoms with E-state index in [2.05, 4.69) is 0 Å². The number of carbonyl (C=O) groups excluding carboxylic acids is 1. The summed E-state index contributed by atoms with van der Waals surface area (Å²) in [5, 5.41) is 8.57. The Morgan fingerprint density at radius 3 is 2.57 bits per heavy atom. The van der Waals surface area contributed by atoms with Gasteiger partial charge in [0.1, 0.15) is 16.8 Å². The molecule has 14 heavy (non-hydrogen) atoms. The van der Waals surface area contributed by atoms with Crippen molar-refractivity contribution in [1.82, 2.24) is 0 Å². The summed E-state index contributed by atoms with van der Waals surface area (Å²) in [7, 11) is 1.43. The van der Waals surface area contributed by atoms with Gasteiger partial charge in [-0.05, 0) is 12.1 Å². The molecule has 0 aliphatic rings. The van der Waals surface area contributed by atoms with E-state index in [1.807, 2.05) is 0 Å². The molecule has 0 spiro atoms. The van der Waals surface area contributed by atoms with Gasteiger partial charge in [0.05, 0.1) is 17.7 Å². The van der Waals surface area contributed by atoms with Gasteiger partial charge in [0.25, 0.3) is 5.78 Å². The summed E-state index contributed by atoms with van der Waals surface area (Å²) in [4.78, 5) is 11.0. The number of nitrogens with zero attached hydrogens (tertiary/aromatic N) is 1. The number of nitriles is 1. The van der Waals surface area contributed by atoms with Crippen molar-refractivity contribution in [3.05, 3.63) is 27.7 Å². The lowest BCUT2D eigenvalue weighted by atomic mass is 10.1. The summed E-state index contributed by atoms with van der Waals surface area (Å²) < 4.78 is 4.88. The molecule has 1 aromatic carbocycles. The third-order valence-electron chi connectivity index (χ3n) is 1.61. The van der Waals surface area contributed by atoms with Crippen molar-refractivity contribution in [2.24, 2.45) is 0 Å². The number of hydrogen-bond acceptors (Lipinski definition) is 3. The van der Waals surface area contributed by atoms with Gasteiger partial charge in [-0.15, -0.1) is 0 Å². The Kier molecular flexibility index (Phi) is 3.34. The van der Waals surface area contributed by atoms with Crippen molar-refractivity contribution >= 4 is 29.0 Å². The Labute approximate surface area is 90.8 Å². The monoisotopic (exact) mass is 229 g/mol. The zero-order valence-electron chi connectivity index (χ0n) is 7.17. The Balaban J connectivity index is 3.32. The summed E-state index contributed by atoms with van der Waals surface area (Å²) in [6.45, 7) is 0. The number of rotatable bonds is 2. The molecule has 0 atom stereocenters. The number of methoxy groups -OCH3 is 1. The highest BCUT2D eigenvalue weighted by atomic mass is 35.5. The summed E-state index contributed by atoms with van der Waals surface area (Å²) in [6.07, 6.45) is 0. The highest BCUT2D eigenvalue weighted by Gasteiger charge is 2.15. The molecular formula is C9H5Cl2NO2. The van der Waals surface area contributed by atoms with Gasteiger partial charge >= 0.3 is 0 Å². The minimum atomic E-state index is -0.723. The van der Waals surface area contributed by atoms with Gasteiger partial charge in [-0.1, -0.05) is 23.2 Å². The molecule has 0 saturated carbocycles. The molecule has 3 nitrogen and oxygen atoms in total. The van der Waals surface area contributed by atoms with E-state index < -0.39 is 5.78 Å². The maximum Gasteiger partial charge on any atom is 0.263 e. The molecule has 0 unspecified atom stereocenters. The molecule has 0 bridgehead atoms. The molecule has 0 aromatic heterocycles. The average Bonchev–Trinajstić information content (AvgIpc) is 2.21. The quantitative estimate of drug-likeness (QED) is 0.579. The van der Waals surface area contributed by atoms with Gasteiger partial charge in [-0.25, -0.2) is 0 Å². The van der Waals surface area contributed by atoms with E-state index in [9.17, 15) is 4.79 Å². The molecule has 0 N–H and O–H groups in total. The van der Waals surface area contributed by atoms with E-state index in [1.54, 1.807) is 0 Å². The predicted molar refractivity (Wildman–Crippen MR) is 53.0 cm³/mol. The molecule has 0 aliphatic heterocycles. The van der Waals surface area contributed by atoms with Crippen LogP contribution in [0.25, 0.3) is 0 Å². The van der Waals surface area contributed by atoms with Crippen LogP contribution in [0.4, 0.5) is 0 Å². The van der Waals surface area contributed by atoms with E-state index in [0.29, 0.717) is 5.75 Å². The van der Waals surface area contributed by atoms with Crippen molar-refractivity contribution in [2.75, 3.05) is 7.11 Å². The maximum absolute atomic E-state index is 11.0. The van der Waals surface area contributed by atoms with Gasteiger partial charge in [0.2, 0.25) is 0 Å². The molecule has 5 heteroatoms. The lowest BCUT2D eigenvalue weighted by molar-refractivity contribution is 0.105. The molecule has 0 fully saturated rings. The van der Waals surface area contributed by atoms with Gasteiger partial charge in [-0.3, -0.25) is 4.79 Å². The normalized spacial score (nSPS) is 9.29. The molecular weight excluding hydrogens is 225 g/mol. The van der Waals surface area contributed by atoms with Crippen molar-refractivity contribution in [1.29, 1.82) is 5.26 Å². The highest BCUT2D eigenvalue weighted by molar-refractivity contribution is 6.45. The topological polar surface area (TPSA) is 50.1 Å². The second kappa shape index (κ2) is 4.32. The van der Waals surface area contributed by atoms with E-state index in [0.717, 1.165) is 0 Å². The maximum atomic E-state index is 11.0. The van der Waals surface area contributed by atoms with Gasteiger partial charge in [0, 0.05) is 0 Å². The van der Waals surface area contributed by atoms with Crippen LogP contribution in [0.15, 0.2) is 12.1 Å². The van der Waals surface area contributed by atoms with Crippen LogP contribution < -0.4 is 4.74 Å². The standard InChI is InChI=1S/C9H5Cl2NO2/c1-14-7-3-2-5(6(13)4-12)8(10)9(7)11/h2-3H,1H3. The number of benzene rings is 1. The van der Waals surface area contributed by atoms with Crippen molar-refractivity contribution in [3.8, 4) is 11.8 Å². The number of ketones is 1. The molecule has 0 aliphatic carbocycles. The van der Waals surface area contributed by atoms with Crippen LogP contribution in [0.2, 0.25) is 10.0 Å². The first-order chi connectivity index (χ1) is 6.61. The zero-order valence-corrected chi connectivity index (χ0v) is 8.69. The SMILES string of the molecule is COc1ccc(C(=O)C#N)c(Cl)c1Cl. The number of ether oxygens (including phenoxy) is 1. The highest BCUT2D eigenvalue weighted by Crippen LogP contribution is 2.34. The third-order valence-corrected chi connectivity index (χ3v) is 2.48. The van der Waals surface area contributed by atoms with E-state index in [-0.39, 0.29) is 15.6 Å². The van der Waals surface area contributed by atoms with Gasteiger partial charge in [-0.2, -0.15) is 5.26 Å². The Bertz CT molecular complexity index is 424. The van der Waals surface area contributed by atoms with E-state index in [4.69, 9.17) is 33.2 Å². The van der Waals surface area contributed by atoms with Crippen LogP contribution in [0, 0.1) is 11.3 Å². The zero-order chi connectivity index (χ0) is 10.7. The summed E-state index contributed by atoms with van der Waals surface area (Å²) >= 11 is 11.5. The fraction of sp³-hybridized carbons (Fsp3) is 0.111. The Morgan fingerprint density at radius 2 is 2.07 bits per heavy atom. The summed E-state index contributed by atoms with van der Waals surface area (Å²) in [6, 6.07) is 4.35. The summed E-state index contributed by atoms with van der Waals surface area (Å²) in [5.74, 6) is -0.356. The second-order valence-electron chi connectivity index (χ2n) is 2.38. The first-order valence-corrected chi connectivity index (χ1v) is 4.33. The fourth-order valence-electron chi connectivity index (χ4n) is 0.925. The molecule has 0 heterocycles. The predicted octanol–water partition coefficient (Wildman–Crippen LogP) is 2.71. The van der Waals surface area contributed by atoms with Crippen LogP contribution in [-0.4, -0.2) is 12.9 Å².